The van der Waals surface area contributed by atoms with E-state index in [1.54, 1.807) is 0 Å². The lowest BCUT2D eigenvalue weighted by atomic mass is 10.0. The summed E-state index contributed by atoms with van der Waals surface area (Å²) in [4.78, 5) is 0. The molecule has 5 nitrogen and oxygen atoms in total. The summed E-state index contributed by atoms with van der Waals surface area (Å²) < 4.78 is 36.2. The minimum absolute atomic E-state index is 1.19. The Kier molecular flexibility index (Phi) is 6.95. The van der Waals surface area contributed by atoms with Crippen molar-refractivity contribution in [3.05, 3.63) is 109 Å². The van der Waals surface area contributed by atoms with Gasteiger partial charge in [0, 0.05) is 29.3 Å². The predicted octanol–water partition coefficient (Wildman–Crippen LogP) is 0.850. The minimum Gasteiger partial charge on any atom is -0.222 e. The maximum Gasteiger partial charge on any atom is 0.219 e. The maximum absolute atomic E-state index is 8.49. The third kappa shape index (κ3) is 5.97. The summed E-state index contributed by atoms with van der Waals surface area (Å²) in [6.45, 7) is 2.15. The zero-order valence-corrected chi connectivity index (χ0v) is 17.0. The van der Waals surface area contributed by atoms with Crippen LogP contribution in [0, 0.1) is 17.2 Å². The molecule has 0 bridgehead atoms. The summed E-state index contributed by atoms with van der Waals surface area (Å²) in [6, 6.07) is 34.1. The smallest absolute Gasteiger partial charge is 0.219 e. The molecule has 0 aliphatic carbocycles. The summed E-state index contributed by atoms with van der Waals surface area (Å²) in [7, 11) is -4.94. The lowest BCUT2D eigenvalue weighted by molar-refractivity contribution is -2.00. The molecule has 0 fully saturated rings. The SMILES string of the molecule is Cc1ccccc1-[n+]1ccc(-c2ccccc2)cc1-c1ccccc1.[O-][Cl+3]([O-])([O-])[O-]. The van der Waals surface area contributed by atoms with Crippen LogP contribution in [0.25, 0.3) is 28.1 Å². The van der Waals surface area contributed by atoms with Crippen LogP contribution in [0.15, 0.2) is 103 Å². The van der Waals surface area contributed by atoms with Gasteiger partial charge in [-0.05, 0) is 30.2 Å². The summed E-state index contributed by atoms with van der Waals surface area (Å²) >= 11 is 0. The van der Waals surface area contributed by atoms with Crippen molar-refractivity contribution in [2.24, 2.45) is 0 Å². The number of aromatic nitrogens is 1. The summed E-state index contributed by atoms with van der Waals surface area (Å²) in [5.74, 6) is 0. The standard InChI is InChI=1S/C24H20N.ClHO4/c1-19-10-8-9-15-23(19)25-17-16-22(20-11-4-2-5-12-20)18-24(25)21-13-6-3-7-14-21;2-1(3,4)5/h2-18H,1H3;(H,2,3,4,5)/q+1;/p-1. The number of nitrogens with zero attached hydrogens (tertiary/aromatic N) is 1. The fraction of sp³-hybridized carbons (Fsp3) is 0.0417. The molecule has 0 saturated heterocycles. The molecule has 0 aliphatic rings. The lowest BCUT2D eigenvalue weighted by Crippen LogP contribution is -2.68. The molecule has 0 atom stereocenters. The number of para-hydroxylation sites is 1. The van der Waals surface area contributed by atoms with Gasteiger partial charge in [0.1, 0.15) is 0 Å². The quantitative estimate of drug-likeness (QED) is 0.458. The van der Waals surface area contributed by atoms with Crippen molar-refractivity contribution in [2.45, 2.75) is 6.92 Å². The van der Waals surface area contributed by atoms with Crippen LogP contribution in [-0.4, -0.2) is 0 Å². The average Bonchev–Trinajstić information content (AvgIpc) is 2.74. The van der Waals surface area contributed by atoms with Crippen molar-refractivity contribution in [1.82, 2.24) is 0 Å². The monoisotopic (exact) mass is 421 g/mol. The highest BCUT2D eigenvalue weighted by Crippen LogP contribution is 2.25. The Morgan fingerprint density at radius 1 is 0.600 bits per heavy atom. The van der Waals surface area contributed by atoms with Crippen LogP contribution in [0.3, 0.4) is 0 Å². The molecule has 0 spiro atoms. The van der Waals surface area contributed by atoms with Crippen LogP contribution in [0.1, 0.15) is 5.56 Å². The van der Waals surface area contributed by atoms with Gasteiger partial charge in [-0.25, -0.2) is 18.6 Å². The fourth-order valence-corrected chi connectivity index (χ4v) is 3.19. The molecular formula is C24H20ClNO4. The third-order valence-corrected chi connectivity index (χ3v) is 4.51. The number of hydrogen-bond donors (Lipinski definition) is 0. The van der Waals surface area contributed by atoms with Gasteiger partial charge in [-0.1, -0.05) is 66.7 Å². The normalized spacial score (nSPS) is 10.8. The van der Waals surface area contributed by atoms with Gasteiger partial charge < -0.3 is 0 Å². The van der Waals surface area contributed by atoms with Crippen molar-refractivity contribution >= 4 is 0 Å². The average molecular weight is 422 g/mol. The number of rotatable bonds is 3. The van der Waals surface area contributed by atoms with Gasteiger partial charge in [0.2, 0.25) is 11.4 Å². The first-order valence-corrected chi connectivity index (χ1v) is 10.4. The molecule has 30 heavy (non-hydrogen) atoms. The van der Waals surface area contributed by atoms with Gasteiger partial charge in [0.25, 0.3) is 0 Å². The van der Waals surface area contributed by atoms with E-state index in [1.165, 1.54) is 33.6 Å². The van der Waals surface area contributed by atoms with Gasteiger partial charge in [-0.15, -0.1) is 10.2 Å². The van der Waals surface area contributed by atoms with Crippen LogP contribution in [0.4, 0.5) is 0 Å². The van der Waals surface area contributed by atoms with Gasteiger partial charge >= 0.3 is 0 Å². The van der Waals surface area contributed by atoms with Crippen molar-refractivity contribution in [1.29, 1.82) is 0 Å². The number of hydrogen-bond acceptors (Lipinski definition) is 4. The molecule has 0 N–H and O–H groups in total. The zero-order chi connectivity index (χ0) is 21.6. The first kappa shape index (κ1) is 21.6. The minimum atomic E-state index is -4.94. The number of benzene rings is 3. The Balaban J connectivity index is 0.000000461. The molecule has 1 heterocycles. The van der Waals surface area contributed by atoms with Crippen LogP contribution in [-0.2, 0) is 0 Å². The molecule has 1 aromatic heterocycles. The van der Waals surface area contributed by atoms with Gasteiger partial charge in [-0.3, -0.25) is 0 Å². The van der Waals surface area contributed by atoms with Crippen LogP contribution < -0.4 is 23.2 Å². The summed E-state index contributed by atoms with van der Waals surface area (Å²) in [5, 5.41) is 0. The molecule has 0 unspecified atom stereocenters. The molecule has 4 rings (SSSR count). The van der Waals surface area contributed by atoms with E-state index in [0.717, 1.165) is 0 Å². The Bertz CT molecular complexity index is 1090. The van der Waals surface area contributed by atoms with Crippen LogP contribution in [0.5, 0.6) is 0 Å². The Hall–Kier alpha value is -3.06. The highest BCUT2D eigenvalue weighted by atomic mass is 35.7. The second-order valence-corrected chi connectivity index (χ2v) is 7.32. The fourth-order valence-electron chi connectivity index (χ4n) is 3.19. The van der Waals surface area contributed by atoms with E-state index in [-0.39, 0.29) is 0 Å². The molecule has 6 heteroatoms. The maximum atomic E-state index is 8.49. The van der Waals surface area contributed by atoms with Crippen LogP contribution >= 0.6 is 0 Å². The lowest BCUT2D eigenvalue weighted by Gasteiger charge is -2.17. The van der Waals surface area contributed by atoms with E-state index in [2.05, 4.69) is 115 Å². The Morgan fingerprint density at radius 2 is 1.10 bits per heavy atom. The van der Waals surface area contributed by atoms with Gasteiger partial charge in [0.15, 0.2) is 6.20 Å². The van der Waals surface area contributed by atoms with Crippen molar-refractivity contribution in [3.8, 4) is 28.1 Å². The van der Waals surface area contributed by atoms with Gasteiger partial charge in [0.05, 0.1) is 0 Å². The third-order valence-electron chi connectivity index (χ3n) is 4.51. The van der Waals surface area contributed by atoms with E-state index < -0.39 is 10.2 Å². The largest absolute Gasteiger partial charge is 0.222 e. The zero-order valence-electron chi connectivity index (χ0n) is 16.3. The second-order valence-electron chi connectivity index (χ2n) is 6.57. The number of aryl methyl sites for hydroxylation is 1. The van der Waals surface area contributed by atoms with E-state index >= 15 is 0 Å². The Labute approximate surface area is 177 Å². The van der Waals surface area contributed by atoms with Crippen molar-refractivity contribution in [3.63, 3.8) is 0 Å². The summed E-state index contributed by atoms with van der Waals surface area (Å²) in [5.41, 5.74) is 7.33. The second kappa shape index (κ2) is 9.63. The van der Waals surface area contributed by atoms with E-state index in [1.807, 2.05) is 0 Å². The number of pyridine rings is 1. The molecule has 3 aromatic carbocycles. The molecule has 4 aromatic rings. The van der Waals surface area contributed by atoms with Crippen molar-refractivity contribution in [2.75, 3.05) is 0 Å². The van der Waals surface area contributed by atoms with Crippen LogP contribution in [0.2, 0.25) is 0 Å². The summed E-state index contributed by atoms with van der Waals surface area (Å²) in [6.07, 6.45) is 2.17. The van der Waals surface area contributed by atoms with E-state index in [0.29, 0.717) is 0 Å². The predicted molar refractivity (Wildman–Crippen MR) is 104 cm³/mol. The molecule has 152 valence electrons. The first-order chi connectivity index (χ1) is 14.3. The Morgan fingerprint density at radius 3 is 1.67 bits per heavy atom. The number of halogens is 1. The topological polar surface area (TPSA) is 96.1 Å². The highest BCUT2D eigenvalue weighted by molar-refractivity contribution is 5.69. The van der Waals surface area contributed by atoms with Gasteiger partial charge in [-0.2, -0.15) is 4.57 Å². The van der Waals surface area contributed by atoms with E-state index in [4.69, 9.17) is 18.6 Å². The molecule has 0 amide bonds. The molecule has 0 aliphatic heterocycles. The highest BCUT2D eigenvalue weighted by Gasteiger charge is 2.18. The molecule has 0 saturated carbocycles. The first-order valence-electron chi connectivity index (χ1n) is 9.17. The van der Waals surface area contributed by atoms with Crippen molar-refractivity contribution < 1.29 is 33.4 Å². The molecular weight excluding hydrogens is 402 g/mol. The molecule has 0 radical (unpaired) electrons. The van der Waals surface area contributed by atoms with E-state index in [9.17, 15) is 0 Å².